The summed E-state index contributed by atoms with van der Waals surface area (Å²) in [6.07, 6.45) is 2.95. The number of hydrogen-bond donors (Lipinski definition) is 1. The first-order valence-electron chi connectivity index (χ1n) is 5.50. The molecule has 18 heavy (non-hydrogen) atoms. The Hall–Kier alpha value is -1.66. The van der Waals surface area contributed by atoms with Crippen LogP contribution in [0.1, 0.15) is 11.3 Å². The van der Waals surface area contributed by atoms with E-state index >= 15 is 0 Å². The second-order valence-electron chi connectivity index (χ2n) is 3.97. The Labute approximate surface area is 106 Å². The van der Waals surface area contributed by atoms with Gasteiger partial charge in [0.2, 0.25) is 0 Å². The van der Waals surface area contributed by atoms with Crippen LogP contribution in [-0.2, 0) is 16.4 Å². The van der Waals surface area contributed by atoms with Gasteiger partial charge in [0.1, 0.15) is 6.33 Å². The highest BCUT2D eigenvalue weighted by molar-refractivity contribution is 7.90. The molecule has 96 valence electrons. The summed E-state index contributed by atoms with van der Waals surface area (Å²) in [7, 11) is -3.62. The van der Waals surface area contributed by atoms with Gasteiger partial charge in [-0.3, -0.25) is 0 Å². The van der Waals surface area contributed by atoms with Crippen LogP contribution in [0.3, 0.4) is 0 Å². The zero-order valence-electron chi connectivity index (χ0n) is 9.94. The molecule has 0 saturated carbocycles. The molecule has 1 N–H and O–H groups in total. The number of aromatic nitrogens is 2. The lowest BCUT2D eigenvalue weighted by Gasteiger charge is -2.08. The number of aryl methyl sites for hydroxylation is 1. The average molecular weight is 266 g/mol. The monoisotopic (exact) mass is 266 g/mol. The highest BCUT2D eigenvalue weighted by atomic mass is 32.2. The molecule has 0 aliphatic heterocycles. The Balaban J connectivity index is 2.48. The third kappa shape index (κ3) is 2.30. The van der Waals surface area contributed by atoms with Crippen molar-refractivity contribution in [3.63, 3.8) is 0 Å². The van der Waals surface area contributed by atoms with Gasteiger partial charge in [-0.05, 0) is 19.1 Å². The van der Waals surface area contributed by atoms with Gasteiger partial charge in [-0.15, -0.1) is 0 Å². The third-order valence-electron chi connectivity index (χ3n) is 2.62. The Bertz CT molecular complexity index is 630. The molecular formula is C12H14N2O3S. The SMILES string of the molecule is Cc1ccc(S(=O)(=O)n2cncc2CCO)cc1. The number of rotatable bonds is 4. The van der Waals surface area contributed by atoms with Crippen molar-refractivity contribution in [3.8, 4) is 0 Å². The van der Waals surface area contributed by atoms with E-state index in [0.29, 0.717) is 5.69 Å². The van der Waals surface area contributed by atoms with Crippen LogP contribution >= 0.6 is 0 Å². The van der Waals surface area contributed by atoms with Crippen LogP contribution in [0.2, 0.25) is 0 Å². The van der Waals surface area contributed by atoms with E-state index in [4.69, 9.17) is 5.11 Å². The first-order chi connectivity index (χ1) is 8.55. The minimum Gasteiger partial charge on any atom is -0.396 e. The number of aliphatic hydroxyl groups excluding tert-OH is 1. The Morgan fingerprint density at radius 3 is 2.56 bits per heavy atom. The van der Waals surface area contributed by atoms with Gasteiger partial charge in [-0.25, -0.2) is 17.4 Å². The molecule has 5 nitrogen and oxygen atoms in total. The van der Waals surface area contributed by atoms with Crippen LogP contribution in [-0.4, -0.2) is 29.1 Å². The van der Waals surface area contributed by atoms with E-state index < -0.39 is 10.0 Å². The zero-order chi connectivity index (χ0) is 13.2. The van der Waals surface area contributed by atoms with Gasteiger partial charge < -0.3 is 5.11 Å². The summed E-state index contributed by atoms with van der Waals surface area (Å²) in [4.78, 5) is 4.04. The van der Waals surface area contributed by atoms with E-state index in [0.717, 1.165) is 9.54 Å². The van der Waals surface area contributed by atoms with Crippen molar-refractivity contribution >= 4 is 10.0 Å². The van der Waals surface area contributed by atoms with Gasteiger partial charge in [-0.2, -0.15) is 0 Å². The standard InChI is InChI=1S/C12H14N2O3S/c1-10-2-4-12(5-3-10)18(16,17)14-9-13-8-11(14)6-7-15/h2-5,8-9,15H,6-7H2,1H3. The van der Waals surface area contributed by atoms with E-state index in [9.17, 15) is 8.42 Å². The molecular weight excluding hydrogens is 252 g/mol. The van der Waals surface area contributed by atoms with Gasteiger partial charge in [-0.1, -0.05) is 17.7 Å². The lowest BCUT2D eigenvalue weighted by atomic mass is 10.2. The zero-order valence-corrected chi connectivity index (χ0v) is 10.8. The molecule has 0 aliphatic carbocycles. The summed E-state index contributed by atoms with van der Waals surface area (Å²) in [6, 6.07) is 6.62. The molecule has 6 heteroatoms. The van der Waals surface area contributed by atoms with Gasteiger partial charge in [0.15, 0.2) is 0 Å². The van der Waals surface area contributed by atoms with Crippen molar-refractivity contribution in [3.05, 3.63) is 48.0 Å². The fourth-order valence-electron chi connectivity index (χ4n) is 1.64. The Morgan fingerprint density at radius 1 is 1.28 bits per heavy atom. The van der Waals surface area contributed by atoms with Gasteiger partial charge in [0.25, 0.3) is 10.0 Å². The summed E-state index contributed by atoms with van der Waals surface area (Å²) < 4.78 is 25.8. The lowest BCUT2D eigenvalue weighted by Crippen LogP contribution is -2.15. The van der Waals surface area contributed by atoms with Crippen LogP contribution in [0.15, 0.2) is 41.7 Å². The highest BCUT2D eigenvalue weighted by Gasteiger charge is 2.19. The van der Waals surface area contributed by atoms with Gasteiger partial charge >= 0.3 is 0 Å². The van der Waals surface area contributed by atoms with Crippen molar-refractivity contribution < 1.29 is 13.5 Å². The van der Waals surface area contributed by atoms with E-state index in [2.05, 4.69) is 4.98 Å². The van der Waals surface area contributed by atoms with E-state index in [1.54, 1.807) is 24.3 Å². The molecule has 2 rings (SSSR count). The summed E-state index contributed by atoms with van der Waals surface area (Å²) >= 11 is 0. The predicted molar refractivity (Wildman–Crippen MR) is 66.8 cm³/mol. The average Bonchev–Trinajstić information content (AvgIpc) is 2.79. The van der Waals surface area contributed by atoms with Crippen molar-refractivity contribution in [2.75, 3.05) is 6.61 Å². The van der Waals surface area contributed by atoms with Crippen molar-refractivity contribution in [2.45, 2.75) is 18.2 Å². The Kier molecular flexibility index (Phi) is 3.49. The minimum atomic E-state index is -3.62. The molecule has 0 unspecified atom stereocenters. The highest BCUT2D eigenvalue weighted by Crippen LogP contribution is 2.16. The third-order valence-corrected chi connectivity index (χ3v) is 4.34. The molecule has 2 aromatic rings. The number of imidazole rings is 1. The summed E-state index contributed by atoms with van der Waals surface area (Å²) in [5.41, 5.74) is 1.47. The van der Waals surface area contributed by atoms with Crippen LogP contribution < -0.4 is 0 Å². The number of nitrogens with zero attached hydrogens (tertiary/aromatic N) is 2. The van der Waals surface area contributed by atoms with Gasteiger partial charge in [0.05, 0.1) is 10.6 Å². The molecule has 1 aromatic heterocycles. The first kappa shape index (κ1) is 12.8. The Morgan fingerprint density at radius 2 is 1.94 bits per heavy atom. The number of benzene rings is 1. The molecule has 0 amide bonds. The molecule has 0 aliphatic rings. The molecule has 1 heterocycles. The smallest absolute Gasteiger partial charge is 0.269 e. The molecule has 1 aromatic carbocycles. The maximum Gasteiger partial charge on any atom is 0.269 e. The van der Waals surface area contributed by atoms with Crippen LogP contribution in [0.25, 0.3) is 0 Å². The molecule has 0 spiro atoms. The first-order valence-corrected chi connectivity index (χ1v) is 6.94. The minimum absolute atomic E-state index is 0.116. The second kappa shape index (κ2) is 4.91. The summed E-state index contributed by atoms with van der Waals surface area (Å²) in [5, 5.41) is 8.90. The fourth-order valence-corrected chi connectivity index (χ4v) is 2.97. The molecule has 0 bridgehead atoms. The van der Waals surface area contributed by atoms with Crippen molar-refractivity contribution in [1.82, 2.24) is 8.96 Å². The molecule has 0 saturated heterocycles. The lowest BCUT2D eigenvalue weighted by molar-refractivity contribution is 0.298. The largest absolute Gasteiger partial charge is 0.396 e. The van der Waals surface area contributed by atoms with Crippen LogP contribution in [0.5, 0.6) is 0 Å². The van der Waals surface area contributed by atoms with Crippen molar-refractivity contribution in [1.29, 1.82) is 0 Å². The van der Waals surface area contributed by atoms with Crippen LogP contribution in [0.4, 0.5) is 0 Å². The molecule has 0 atom stereocenters. The number of hydrogen-bond acceptors (Lipinski definition) is 4. The van der Waals surface area contributed by atoms with Crippen molar-refractivity contribution in [2.24, 2.45) is 0 Å². The topological polar surface area (TPSA) is 72.2 Å². The molecule has 0 radical (unpaired) electrons. The second-order valence-corrected chi connectivity index (χ2v) is 5.79. The summed E-state index contributed by atoms with van der Waals surface area (Å²) in [5.74, 6) is 0. The quantitative estimate of drug-likeness (QED) is 0.894. The maximum atomic E-state index is 12.3. The summed E-state index contributed by atoms with van der Waals surface area (Å²) in [6.45, 7) is 1.78. The maximum absolute atomic E-state index is 12.3. The fraction of sp³-hybridized carbons (Fsp3) is 0.250. The molecule has 0 fully saturated rings. The van der Waals surface area contributed by atoms with E-state index in [-0.39, 0.29) is 17.9 Å². The normalized spacial score (nSPS) is 11.7. The predicted octanol–water partition coefficient (Wildman–Crippen LogP) is 0.963. The van der Waals surface area contributed by atoms with E-state index in [1.807, 2.05) is 6.92 Å². The van der Waals surface area contributed by atoms with Gasteiger partial charge in [0, 0.05) is 19.2 Å². The van der Waals surface area contributed by atoms with E-state index in [1.165, 1.54) is 12.5 Å². The number of aliphatic hydroxyl groups is 1. The van der Waals surface area contributed by atoms with Crippen LogP contribution in [0, 0.1) is 6.92 Å².